The van der Waals surface area contributed by atoms with Crippen molar-refractivity contribution in [3.63, 3.8) is 0 Å². The number of pyridine rings is 1. The van der Waals surface area contributed by atoms with Gasteiger partial charge in [0.2, 0.25) is 0 Å². The van der Waals surface area contributed by atoms with E-state index in [4.69, 9.17) is 20.8 Å². The summed E-state index contributed by atoms with van der Waals surface area (Å²) in [7, 11) is 0. The number of rotatable bonds is 5. The lowest BCUT2D eigenvalue weighted by atomic mass is 10.2. The van der Waals surface area contributed by atoms with Crippen molar-refractivity contribution in [3.05, 3.63) is 76.7 Å². The van der Waals surface area contributed by atoms with Gasteiger partial charge < -0.3 is 14.5 Å². The van der Waals surface area contributed by atoms with Crippen LogP contribution in [0.15, 0.2) is 65.4 Å². The normalized spacial score (nSPS) is 10.8. The van der Waals surface area contributed by atoms with Gasteiger partial charge in [-0.2, -0.15) is 0 Å². The van der Waals surface area contributed by atoms with Crippen molar-refractivity contribution in [2.45, 2.75) is 6.54 Å². The molecule has 7 heteroatoms. The molecule has 0 aliphatic carbocycles. The molecule has 26 heavy (non-hydrogen) atoms. The van der Waals surface area contributed by atoms with E-state index in [1.165, 1.54) is 11.3 Å². The Labute approximate surface area is 158 Å². The van der Waals surface area contributed by atoms with Crippen LogP contribution in [0.2, 0.25) is 5.02 Å². The zero-order chi connectivity index (χ0) is 17.9. The average molecular weight is 385 g/mol. The molecule has 0 saturated carbocycles. The van der Waals surface area contributed by atoms with Crippen LogP contribution in [0.5, 0.6) is 10.8 Å². The van der Waals surface area contributed by atoms with Crippen LogP contribution in [0.4, 0.5) is 0 Å². The van der Waals surface area contributed by atoms with E-state index in [0.717, 1.165) is 10.9 Å². The van der Waals surface area contributed by atoms with E-state index in [-0.39, 0.29) is 5.91 Å². The molecule has 3 heterocycles. The maximum absolute atomic E-state index is 12.2. The third-order valence-electron chi connectivity index (χ3n) is 3.68. The molecule has 4 rings (SSSR count). The molecule has 130 valence electrons. The van der Waals surface area contributed by atoms with Crippen LogP contribution >= 0.6 is 22.9 Å². The van der Waals surface area contributed by atoms with Gasteiger partial charge in [-0.15, -0.1) is 0 Å². The van der Waals surface area contributed by atoms with Crippen molar-refractivity contribution in [2.24, 2.45) is 0 Å². The van der Waals surface area contributed by atoms with Crippen molar-refractivity contribution >= 4 is 39.7 Å². The minimum Gasteiger partial charge on any atom is -0.467 e. The molecule has 0 bridgehead atoms. The molecule has 1 aromatic carbocycles. The van der Waals surface area contributed by atoms with E-state index < -0.39 is 0 Å². The lowest BCUT2D eigenvalue weighted by molar-refractivity contribution is 0.0952. The largest absolute Gasteiger partial charge is 0.467 e. The highest BCUT2D eigenvalue weighted by molar-refractivity contribution is 7.15. The van der Waals surface area contributed by atoms with Crippen molar-refractivity contribution in [1.82, 2.24) is 10.3 Å². The van der Waals surface area contributed by atoms with Crippen molar-refractivity contribution < 1.29 is 13.9 Å². The first kappa shape index (κ1) is 16.6. The van der Waals surface area contributed by atoms with E-state index in [9.17, 15) is 4.79 Å². The monoisotopic (exact) mass is 384 g/mol. The van der Waals surface area contributed by atoms with E-state index in [1.54, 1.807) is 48.9 Å². The highest BCUT2D eigenvalue weighted by Crippen LogP contribution is 2.34. The van der Waals surface area contributed by atoms with Crippen LogP contribution in [0.25, 0.3) is 10.9 Å². The molecule has 0 saturated heterocycles. The standard InChI is InChI=1S/C19H13ClN2O3S/c20-12-3-4-14-15(10-12)21-8-7-16(14)25-18-6-5-17(26-18)19(23)22-11-13-2-1-9-24-13/h1-10H,11H2,(H,22,23). The summed E-state index contributed by atoms with van der Waals surface area (Å²) in [5.41, 5.74) is 0.753. The fourth-order valence-corrected chi connectivity index (χ4v) is 3.41. The summed E-state index contributed by atoms with van der Waals surface area (Å²) >= 11 is 7.28. The van der Waals surface area contributed by atoms with Gasteiger partial charge in [-0.25, -0.2) is 0 Å². The lowest BCUT2D eigenvalue weighted by Crippen LogP contribution is -2.21. The van der Waals surface area contributed by atoms with Gasteiger partial charge in [0.25, 0.3) is 5.91 Å². The number of nitrogens with zero attached hydrogens (tertiary/aromatic N) is 1. The number of hydrogen-bond donors (Lipinski definition) is 1. The Kier molecular flexibility index (Phi) is 4.60. The highest BCUT2D eigenvalue weighted by atomic mass is 35.5. The Morgan fingerprint density at radius 3 is 3.00 bits per heavy atom. The second-order valence-electron chi connectivity index (χ2n) is 5.45. The molecule has 0 unspecified atom stereocenters. The molecule has 4 aromatic rings. The number of furan rings is 1. The number of benzene rings is 1. The van der Waals surface area contributed by atoms with Crippen molar-refractivity contribution in [1.29, 1.82) is 0 Å². The average Bonchev–Trinajstić information content (AvgIpc) is 3.31. The number of thiophene rings is 1. The number of fused-ring (bicyclic) bond motifs is 1. The number of ether oxygens (including phenoxy) is 1. The SMILES string of the molecule is O=C(NCc1ccco1)c1ccc(Oc2ccnc3cc(Cl)ccc23)s1. The summed E-state index contributed by atoms with van der Waals surface area (Å²) in [5, 5.41) is 4.91. The minimum atomic E-state index is -0.174. The summed E-state index contributed by atoms with van der Waals surface area (Å²) in [6.07, 6.45) is 3.24. The first-order valence-electron chi connectivity index (χ1n) is 7.81. The number of amides is 1. The topological polar surface area (TPSA) is 64.4 Å². The fourth-order valence-electron chi connectivity index (χ4n) is 2.46. The van der Waals surface area contributed by atoms with E-state index in [2.05, 4.69) is 10.3 Å². The van der Waals surface area contributed by atoms with Gasteiger partial charge in [-0.3, -0.25) is 9.78 Å². The summed E-state index contributed by atoms with van der Waals surface area (Å²) < 4.78 is 11.2. The van der Waals surface area contributed by atoms with Gasteiger partial charge >= 0.3 is 0 Å². The third-order valence-corrected chi connectivity index (χ3v) is 4.88. The first-order chi connectivity index (χ1) is 12.7. The number of aromatic nitrogens is 1. The van der Waals surface area contributed by atoms with Crippen LogP contribution in [-0.4, -0.2) is 10.9 Å². The van der Waals surface area contributed by atoms with Gasteiger partial charge in [0, 0.05) is 16.6 Å². The molecule has 3 aromatic heterocycles. The maximum Gasteiger partial charge on any atom is 0.261 e. The molecule has 1 N–H and O–H groups in total. The zero-order valence-electron chi connectivity index (χ0n) is 13.4. The summed E-state index contributed by atoms with van der Waals surface area (Å²) in [6, 6.07) is 14.3. The van der Waals surface area contributed by atoms with E-state index in [0.29, 0.717) is 33.0 Å². The predicted molar refractivity (Wildman–Crippen MR) is 101 cm³/mol. The van der Waals surface area contributed by atoms with Crippen LogP contribution in [0.1, 0.15) is 15.4 Å². The molecule has 5 nitrogen and oxygen atoms in total. The predicted octanol–water partition coefficient (Wildman–Crippen LogP) is 5.27. The molecular weight excluding hydrogens is 372 g/mol. The molecule has 1 amide bonds. The van der Waals surface area contributed by atoms with Crippen LogP contribution in [-0.2, 0) is 6.54 Å². The summed E-state index contributed by atoms with van der Waals surface area (Å²) in [6.45, 7) is 0.343. The number of carbonyl (C=O) groups is 1. The number of carbonyl (C=O) groups excluding carboxylic acids is 1. The molecule has 0 spiro atoms. The smallest absolute Gasteiger partial charge is 0.261 e. The fraction of sp³-hybridized carbons (Fsp3) is 0.0526. The Morgan fingerprint density at radius 2 is 2.15 bits per heavy atom. The Bertz CT molecular complexity index is 1060. The Morgan fingerprint density at radius 1 is 1.23 bits per heavy atom. The molecule has 0 fully saturated rings. The molecule has 0 radical (unpaired) electrons. The van der Waals surface area contributed by atoms with Crippen molar-refractivity contribution in [2.75, 3.05) is 0 Å². The van der Waals surface area contributed by atoms with Crippen LogP contribution in [0, 0.1) is 0 Å². The molecule has 0 atom stereocenters. The Balaban J connectivity index is 1.49. The van der Waals surface area contributed by atoms with Crippen molar-refractivity contribution in [3.8, 4) is 10.8 Å². The van der Waals surface area contributed by atoms with E-state index in [1.807, 2.05) is 12.1 Å². The Hall–Kier alpha value is -2.83. The van der Waals surface area contributed by atoms with Gasteiger partial charge in [0.15, 0.2) is 5.06 Å². The molecule has 0 aliphatic rings. The second-order valence-corrected chi connectivity index (χ2v) is 6.94. The number of hydrogen-bond acceptors (Lipinski definition) is 5. The van der Waals surface area contributed by atoms with Crippen LogP contribution in [0.3, 0.4) is 0 Å². The summed E-state index contributed by atoms with van der Waals surface area (Å²) in [4.78, 5) is 17.1. The number of halogens is 1. The molecule has 0 aliphatic heterocycles. The first-order valence-corrected chi connectivity index (χ1v) is 9.01. The molecular formula is C19H13ClN2O3S. The second kappa shape index (κ2) is 7.19. The zero-order valence-corrected chi connectivity index (χ0v) is 15.0. The lowest BCUT2D eigenvalue weighted by Gasteiger charge is -2.06. The van der Waals surface area contributed by atoms with E-state index >= 15 is 0 Å². The van der Waals surface area contributed by atoms with Gasteiger partial charge in [0.05, 0.1) is 23.2 Å². The quantitative estimate of drug-likeness (QED) is 0.509. The number of nitrogens with one attached hydrogen (secondary N) is 1. The van der Waals surface area contributed by atoms with Gasteiger partial charge in [-0.1, -0.05) is 22.9 Å². The van der Waals surface area contributed by atoms with Gasteiger partial charge in [0.1, 0.15) is 11.5 Å². The van der Waals surface area contributed by atoms with Crippen LogP contribution < -0.4 is 10.1 Å². The maximum atomic E-state index is 12.2. The third kappa shape index (κ3) is 3.56. The van der Waals surface area contributed by atoms with Gasteiger partial charge in [-0.05, 0) is 48.5 Å². The minimum absolute atomic E-state index is 0.174. The highest BCUT2D eigenvalue weighted by Gasteiger charge is 2.12. The summed E-state index contributed by atoms with van der Waals surface area (Å²) in [5.74, 6) is 1.19.